The van der Waals surface area contributed by atoms with Gasteiger partial charge in [-0.05, 0) is 48.5 Å². The van der Waals surface area contributed by atoms with E-state index < -0.39 is 11.4 Å². The molecule has 126 valence electrons. The summed E-state index contributed by atoms with van der Waals surface area (Å²) in [7, 11) is 0. The molecule has 2 aromatic rings. The first-order valence-electron chi connectivity index (χ1n) is 8.35. The monoisotopic (exact) mass is 325 g/mol. The van der Waals surface area contributed by atoms with Crippen LogP contribution in [0, 0.1) is 11.3 Å². The molecule has 0 spiro atoms. The molecule has 1 fully saturated rings. The third-order valence-electron chi connectivity index (χ3n) is 5.10. The van der Waals surface area contributed by atoms with E-state index in [2.05, 4.69) is 5.32 Å². The molecular weight excluding hydrogens is 302 g/mol. The van der Waals surface area contributed by atoms with E-state index in [-0.39, 0.29) is 12.5 Å². The highest BCUT2D eigenvalue weighted by molar-refractivity contribution is 5.76. The molecule has 0 amide bonds. The fourth-order valence-corrected chi connectivity index (χ4v) is 3.63. The Labute approximate surface area is 142 Å². The van der Waals surface area contributed by atoms with E-state index in [9.17, 15) is 15.0 Å². The number of aliphatic hydroxyl groups excluding tert-OH is 1. The topological polar surface area (TPSA) is 69.6 Å². The van der Waals surface area contributed by atoms with Crippen molar-refractivity contribution in [2.45, 2.75) is 12.8 Å². The molecule has 3 N–H and O–H groups in total. The van der Waals surface area contributed by atoms with E-state index in [1.54, 1.807) is 0 Å². The molecule has 1 aliphatic heterocycles. The minimum Gasteiger partial charge on any atom is -0.481 e. The fourth-order valence-electron chi connectivity index (χ4n) is 3.63. The molecule has 4 heteroatoms. The number of hydrogen-bond donors (Lipinski definition) is 3. The van der Waals surface area contributed by atoms with E-state index in [4.69, 9.17) is 0 Å². The minimum absolute atomic E-state index is 0.0552. The van der Waals surface area contributed by atoms with Crippen LogP contribution in [0.3, 0.4) is 0 Å². The first-order chi connectivity index (χ1) is 11.7. The predicted octanol–water partition coefficient (Wildman–Crippen LogP) is 2.57. The molecule has 0 aliphatic carbocycles. The van der Waals surface area contributed by atoms with Crippen LogP contribution in [0.2, 0.25) is 0 Å². The quantitative estimate of drug-likeness (QED) is 0.763. The van der Waals surface area contributed by atoms with Crippen molar-refractivity contribution in [2.75, 3.05) is 19.7 Å². The zero-order chi connectivity index (χ0) is 17.0. The van der Waals surface area contributed by atoms with Crippen molar-refractivity contribution in [1.82, 2.24) is 5.32 Å². The maximum Gasteiger partial charge on any atom is 0.312 e. The van der Waals surface area contributed by atoms with Gasteiger partial charge in [0.1, 0.15) is 0 Å². The Morgan fingerprint density at radius 2 is 1.88 bits per heavy atom. The van der Waals surface area contributed by atoms with Crippen LogP contribution in [-0.4, -0.2) is 35.9 Å². The standard InChI is InChI=1S/C20H23NO3/c22-14-20(19(23)24,18-9-10-21-13-18)12-15-5-4-8-17(11-15)16-6-2-1-3-7-16/h1-8,11,18,21-22H,9-10,12-14H2,(H,23,24)/t18-,20?/m0/s1. The summed E-state index contributed by atoms with van der Waals surface area (Å²) in [5.74, 6) is -0.968. The lowest BCUT2D eigenvalue weighted by molar-refractivity contribution is -0.155. The highest BCUT2D eigenvalue weighted by atomic mass is 16.4. The van der Waals surface area contributed by atoms with Crippen LogP contribution in [0.4, 0.5) is 0 Å². The van der Waals surface area contributed by atoms with E-state index in [1.165, 1.54) is 0 Å². The summed E-state index contributed by atoms with van der Waals surface area (Å²) >= 11 is 0. The zero-order valence-corrected chi connectivity index (χ0v) is 13.6. The van der Waals surface area contributed by atoms with Crippen molar-refractivity contribution < 1.29 is 15.0 Å². The molecule has 1 aliphatic rings. The lowest BCUT2D eigenvalue weighted by Crippen LogP contribution is -2.45. The van der Waals surface area contributed by atoms with Crippen molar-refractivity contribution in [3.8, 4) is 11.1 Å². The van der Waals surface area contributed by atoms with Gasteiger partial charge in [0, 0.05) is 0 Å². The van der Waals surface area contributed by atoms with E-state index in [0.29, 0.717) is 13.0 Å². The largest absolute Gasteiger partial charge is 0.481 e. The number of nitrogens with one attached hydrogen (secondary N) is 1. The van der Waals surface area contributed by atoms with Crippen LogP contribution < -0.4 is 5.32 Å². The second kappa shape index (κ2) is 7.16. The predicted molar refractivity (Wildman–Crippen MR) is 93.7 cm³/mol. The van der Waals surface area contributed by atoms with Crippen molar-refractivity contribution in [3.63, 3.8) is 0 Å². The number of aliphatic carboxylic acids is 1. The van der Waals surface area contributed by atoms with Gasteiger partial charge in [-0.3, -0.25) is 4.79 Å². The maximum absolute atomic E-state index is 12.0. The van der Waals surface area contributed by atoms with Crippen LogP contribution in [0.5, 0.6) is 0 Å². The van der Waals surface area contributed by atoms with Gasteiger partial charge in [0.05, 0.1) is 12.0 Å². The highest BCUT2D eigenvalue weighted by Gasteiger charge is 2.46. The summed E-state index contributed by atoms with van der Waals surface area (Å²) in [6, 6.07) is 18.0. The van der Waals surface area contributed by atoms with Gasteiger partial charge in [0.15, 0.2) is 0 Å². The molecule has 4 nitrogen and oxygen atoms in total. The van der Waals surface area contributed by atoms with Gasteiger partial charge < -0.3 is 15.5 Å². The van der Waals surface area contributed by atoms with Gasteiger partial charge >= 0.3 is 5.97 Å². The molecule has 0 aromatic heterocycles. The first kappa shape index (κ1) is 16.7. The SMILES string of the molecule is O=C(O)C(CO)(Cc1cccc(-c2ccccc2)c1)[C@H]1CCNC1. The minimum atomic E-state index is -1.13. The van der Waals surface area contributed by atoms with Gasteiger partial charge in [0.2, 0.25) is 0 Å². The summed E-state index contributed by atoms with van der Waals surface area (Å²) in [6.07, 6.45) is 1.12. The van der Waals surface area contributed by atoms with Crippen LogP contribution in [0.1, 0.15) is 12.0 Å². The number of carboxylic acid groups (broad SMARTS) is 1. The Morgan fingerprint density at radius 3 is 2.50 bits per heavy atom. The van der Waals surface area contributed by atoms with Crippen LogP contribution >= 0.6 is 0 Å². The first-order valence-corrected chi connectivity index (χ1v) is 8.35. The molecule has 2 aromatic carbocycles. The zero-order valence-electron chi connectivity index (χ0n) is 13.6. The molecule has 24 heavy (non-hydrogen) atoms. The van der Waals surface area contributed by atoms with Crippen LogP contribution in [0.25, 0.3) is 11.1 Å². The summed E-state index contributed by atoms with van der Waals surface area (Å²) < 4.78 is 0. The Morgan fingerprint density at radius 1 is 1.12 bits per heavy atom. The number of hydrogen-bond acceptors (Lipinski definition) is 3. The summed E-state index contributed by atoms with van der Waals surface area (Å²) in [6.45, 7) is 1.11. The molecule has 2 atom stereocenters. The average Bonchev–Trinajstić information content (AvgIpc) is 3.15. The van der Waals surface area contributed by atoms with Gasteiger partial charge in [-0.15, -0.1) is 0 Å². The molecule has 0 bridgehead atoms. The third kappa shape index (κ3) is 3.21. The molecule has 1 unspecified atom stereocenters. The molecule has 0 saturated carbocycles. The van der Waals surface area contributed by atoms with Crippen LogP contribution in [-0.2, 0) is 11.2 Å². The maximum atomic E-state index is 12.0. The summed E-state index contributed by atoms with van der Waals surface area (Å²) in [5.41, 5.74) is 1.99. The second-order valence-corrected chi connectivity index (χ2v) is 6.55. The van der Waals surface area contributed by atoms with Gasteiger partial charge in [0.25, 0.3) is 0 Å². The number of rotatable bonds is 6. The summed E-state index contributed by atoms with van der Waals surface area (Å²) in [4.78, 5) is 12.0. The normalized spacial score (nSPS) is 19.8. The average molecular weight is 325 g/mol. The van der Waals surface area contributed by atoms with E-state index in [1.807, 2.05) is 54.6 Å². The highest BCUT2D eigenvalue weighted by Crippen LogP contribution is 2.36. The van der Waals surface area contributed by atoms with Gasteiger partial charge in [-0.1, -0.05) is 54.6 Å². The molecule has 0 radical (unpaired) electrons. The smallest absolute Gasteiger partial charge is 0.312 e. The molecule has 1 saturated heterocycles. The lowest BCUT2D eigenvalue weighted by Gasteiger charge is -2.33. The fraction of sp³-hybridized carbons (Fsp3) is 0.350. The Balaban J connectivity index is 1.91. The van der Waals surface area contributed by atoms with Crippen molar-refractivity contribution in [1.29, 1.82) is 0 Å². The Bertz CT molecular complexity index is 695. The van der Waals surface area contributed by atoms with Crippen molar-refractivity contribution >= 4 is 5.97 Å². The van der Waals surface area contributed by atoms with Crippen molar-refractivity contribution in [3.05, 3.63) is 60.2 Å². The third-order valence-corrected chi connectivity index (χ3v) is 5.10. The van der Waals surface area contributed by atoms with Crippen LogP contribution in [0.15, 0.2) is 54.6 Å². The van der Waals surface area contributed by atoms with Gasteiger partial charge in [-0.2, -0.15) is 0 Å². The molecule has 1 heterocycles. The van der Waals surface area contributed by atoms with E-state index in [0.717, 1.165) is 29.7 Å². The lowest BCUT2D eigenvalue weighted by atomic mass is 9.71. The summed E-state index contributed by atoms with van der Waals surface area (Å²) in [5, 5.41) is 23.0. The van der Waals surface area contributed by atoms with Crippen molar-refractivity contribution in [2.24, 2.45) is 11.3 Å². The number of benzene rings is 2. The molecular formula is C20H23NO3. The number of carbonyl (C=O) groups is 1. The Kier molecular flexibility index (Phi) is 4.97. The number of carboxylic acids is 1. The Hall–Kier alpha value is -2.17. The van der Waals surface area contributed by atoms with E-state index >= 15 is 0 Å². The second-order valence-electron chi connectivity index (χ2n) is 6.55. The van der Waals surface area contributed by atoms with Gasteiger partial charge in [-0.25, -0.2) is 0 Å². The molecule has 3 rings (SSSR count). The number of aliphatic hydroxyl groups is 1.